The number of benzene rings is 1. The molecular formula is C21H22ClNO7. The number of hydrogen-bond donors (Lipinski definition) is 0. The Labute approximate surface area is 178 Å². The van der Waals surface area contributed by atoms with Crippen molar-refractivity contribution in [2.24, 2.45) is 0 Å². The molecule has 8 nitrogen and oxygen atoms in total. The number of carbonyl (C=O) groups is 2. The molecule has 30 heavy (non-hydrogen) atoms. The van der Waals surface area contributed by atoms with Gasteiger partial charge in [-0.15, -0.1) is 0 Å². The van der Waals surface area contributed by atoms with E-state index in [9.17, 15) is 9.59 Å². The quantitative estimate of drug-likeness (QED) is 0.653. The fraction of sp³-hybridized carbons (Fsp3) is 0.429. The van der Waals surface area contributed by atoms with Crippen molar-refractivity contribution in [3.8, 4) is 11.5 Å². The van der Waals surface area contributed by atoms with E-state index < -0.39 is 17.9 Å². The molecule has 1 saturated heterocycles. The first-order valence-corrected chi connectivity index (χ1v) is 9.96. The summed E-state index contributed by atoms with van der Waals surface area (Å²) in [6.07, 6.45) is 5.25. The summed E-state index contributed by atoms with van der Waals surface area (Å²) in [7, 11) is 2.59. The lowest BCUT2D eigenvalue weighted by atomic mass is 9.83. The molecule has 0 aliphatic carbocycles. The largest absolute Gasteiger partial charge is 0.466 e. The number of carbonyl (C=O) groups excluding carboxylic acids is 2. The fourth-order valence-electron chi connectivity index (χ4n) is 3.91. The second kappa shape index (κ2) is 8.57. The topological polar surface area (TPSA) is 83.5 Å². The first-order chi connectivity index (χ1) is 14.5. The van der Waals surface area contributed by atoms with E-state index >= 15 is 0 Å². The van der Waals surface area contributed by atoms with Crippen LogP contribution in [0.1, 0.15) is 24.3 Å². The van der Waals surface area contributed by atoms with Gasteiger partial charge in [-0.25, -0.2) is 9.59 Å². The van der Waals surface area contributed by atoms with Gasteiger partial charge < -0.3 is 28.6 Å². The number of nitrogens with zero attached hydrogens (tertiary/aromatic N) is 1. The summed E-state index contributed by atoms with van der Waals surface area (Å²) in [6, 6.07) is 3.29. The zero-order chi connectivity index (χ0) is 21.3. The molecule has 0 spiro atoms. The molecule has 9 heteroatoms. The third kappa shape index (κ3) is 3.85. The van der Waals surface area contributed by atoms with Crippen LogP contribution in [-0.4, -0.2) is 57.1 Å². The summed E-state index contributed by atoms with van der Waals surface area (Å²) in [4.78, 5) is 27.2. The van der Waals surface area contributed by atoms with Crippen molar-refractivity contribution in [3.63, 3.8) is 0 Å². The lowest BCUT2D eigenvalue weighted by molar-refractivity contribution is -0.137. The van der Waals surface area contributed by atoms with Crippen LogP contribution in [0.5, 0.6) is 11.5 Å². The van der Waals surface area contributed by atoms with Crippen LogP contribution in [-0.2, 0) is 23.8 Å². The molecule has 3 heterocycles. The molecule has 1 aromatic rings. The lowest BCUT2D eigenvalue weighted by Gasteiger charge is -2.31. The molecule has 1 unspecified atom stereocenters. The summed E-state index contributed by atoms with van der Waals surface area (Å²) in [5, 5.41) is 0.335. The summed E-state index contributed by atoms with van der Waals surface area (Å²) >= 11 is 6.51. The van der Waals surface area contributed by atoms with Crippen molar-refractivity contribution in [1.29, 1.82) is 0 Å². The van der Waals surface area contributed by atoms with Gasteiger partial charge in [0, 0.05) is 36.6 Å². The Morgan fingerprint density at radius 3 is 2.30 bits per heavy atom. The minimum Gasteiger partial charge on any atom is -0.466 e. The zero-order valence-corrected chi connectivity index (χ0v) is 17.4. The minimum absolute atomic E-state index is 0.0148. The van der Waals surface area contributed by atoms with E-state index in [2.05, 4.69) is 0 Å². The summed E-state index contributed by atoms with van der Waals surface area (Å²) < 4.78 is 26.5. The Kier molecular flexibility index (Phi) is 5.87. The van der Waals surface area contributed by atoms with Crippen LogP contribution < -0.4 is 9.47 Å². The summed E-state index contributed by atoms with van der Waals surface area (Å²) in [5.41, 5.74) is 1.05. The van der Waals surface area contributed by atoms with Gasteiger partial charge in [0.2, 0.25) is 6.79 Å². The van der Waals surface area contributed by atoms with Crippen molar-refractivity contribution in [1.82, 2.24) is 4.90 Å². The van der Waals surface area contributed by atoms with Gasteiger partial charge in [-0.05, 0) is 24.5 Å². The Morgan fingerprint density at radius 1 is 1.10 bits per heavy atom. The van der Waals surface area contributed by atoms with Gasteiger partial charge in [0.05, 0.1) is 37.4 Å². The van der Waals surface area contributed by atoms with Crippen LogP contribution in [0.3, 0.4) is 0 Å². The third-order valence-corrected chi connectivity index (χ3v) is 5.64. The summed E-state index contributed by atoms with van der Waals surface area (Å²) in [6.45, 7) is 1.28. The Morgan fingerprint density at radius 2 is 1.73 bits per heavy atom. The monoisotopic (exact) mass is 435 g/mol. The van der Waals surface area contributed by atoms with Gasteiger partial charge >= 0.3 is 11.9 Å². The molecule has 0 radical (unpaired) electrons. The SMILES string of the molecule is COC(=O)C1=CN(CC2CCCO2)C=C(C(=O)OC)C1c1cc2c(cc1Cl)OCO2. The van der Waals surface area contributed by atoms with E-state index in [1.54, 1.807) is 29.4 Å². The minimum atomic E-state index is -0.785. The lowest BCUT2D eigenvalue weighted by Crippen LogP contribution is -2.32. The number of ether oxygens (including phenoxy) is 5. The highest BCUT2D eigenvalue weighted by molar-refractivity contribution is 6.32. The van der Waals surface area contributed by atoms with Crippen molar-refractivity contribution in [3.05, 3.63) is 46.3 Å². The predicted molar refractivity (Wildman–Crippen MR) is 106 cm³/mol. The van der Waals surface area contributed by atoms with Crippen molar-refractivity contribution >= 4 is 23.5 Å². The van der Waals surface area contributed by atoms with Crippen molar-refractivity contribution in [2.45, 2.75) is 24.9 Å². The second-order valence-corrected chi connectivity index (χ2v) is 7.55. The van der Waals surface area contributed by atoms with E-state index in [0.29, 0.717) is 35.2 Å². The highest BCUT2D eigenvalue weighted by atomic mass is 35.5. The maximum atomic E-state index is 12.7. The first-order valence-electron chi connectivity index (χ1n) is 9.58. The normalized spacial score (nSPS) is 20.6. The zero-order valence-electron chi connectivity index (χ0n) is 16.7. The van der Waals surface area contributed by atoms with Crippen LogP contribution >= 0.6 is 11.6 Å². The number of hydrogen-bond acceptors (Lipinski definition) is 8. The van der Waals surface area contributed by atoms with Gasteiger partial charge in [0.1, 0.15) is 0 Å². The van der Waals surface area contributed by atoms with Gasteiger partial charge in [-0.3, -0.25) is 0 Å². The third-order valence-electron chi connectivity index (χ3n) is 5.32. The van der Waals surface area contributed by atoms with E-state index in [-0.39, 0.29) is 24.0 Å². The maximum absolute atomic E-state index is 12.7. The molecule has 0 bridgehead atoms. The Hall–Kier alpha value is -2.71. The number of esters is 2. The van der Waals surface area contributed by atoms with E-state index in [1.807, 2.05) is 0 Å². The van der Waals surface area contributed by atoms with Gasteiger partial charge in [0.15, 0.2) is 11.5 Å². The van der Waals surface area contributed by atoms with Crippen LogP contribution in [0.15, 0.2) is 35.7 Å². The van der Waals surface area contributed by atoms with E-state index in [4.69, 9.17) is 35.3 Å². The molecule has 1 fully saturated rings. The molecule has 0 saturated carbocycles. The first kappa shape index (κ1) is 20.6. The highest BCUT2D eigenvalue weighted by Crippen LogP contribution is 2.45. The molecule has 1 atom stereocenters. The summed E-state index contributed by atoms with van der Waals surface area (Å²) in [5.74, 6) is -0.926. The molecule has 0 amide bonds. The van der Waals surface area contributed by atoms with Gasteiger partial charge in [-0.1, -0.05) is 11.6 Å². The van der Waals surface area contributed by atoms with Gasteiger partial charge in [0.25, 0.3) is 0 Å². The van der Waals surface area contributed by atoms with Crippen LogP contribution in [0.2, 0.25) is 5.02 Å². The number of rotatable bonds is 5. The Balaban J connectivity index is 1.78. The van der Waals surface area contributed by atoms with Crippen molar-refractivity contribution < 1.29 is 33.3 Å². The smallest absolute Gasteiger partial charge is 0.336 e. The molecule has 1 aromatic carbocycles. The Bertz CT molecular complexity index is 886. The van der Waals surface area contributed by atoms with Crippen LogP contribution in [0.25, 0.3) is 0 Å². The maximum Gasteiger partial charge on any atom is 0.336 e. The molecule has 0 N–H and O–H groups in total. The van der Waals surface area contributed by atoms with Crippen LogP contribution in [0.4, 0.5) is 0 Å². The number of fused-ring (bicyclic) bond motifs is 1. The van der Waals surface area contributed by atoms with Crippen LogP contribution in [0, 0.1) is 0 Å². The van der Waals surface area contributed by atoms with Gasteiger partial charge in [-0.2, -0.15) is 0 Å². The van der Waals surface area contributed by atoms with E-state index in [0.717, 1.165) is 12.8 Å². The number of halogens is 1. The highest BCUT2D eigenvalue weighted by Gasteiger charge is 2.38. The second-order valence-electron chi connectivity index (χ2n) is 7.14. The average Bonchev–Trinajstić information content (AvgIpc) is 3.43. The fourth-order valence-corrected chi connectivity index (χ4v) is 4.17. The predicted octanol–water partition coefficient (Wildman–Crippen LogP) is 2.76. The molecule has 3 aliphatic heterocycles. The molecule has 4 rings (SSSR count). The average molecular weight is 436 g/mol. The van der Waals surface area contributed by atoms with E-state index in [1.165, 1.54) is 14.2 Å². The molecule has 160 valence electrons. The standard InChI is InChI=1S/C21H22ClNO7/c1-26-20(24)14-9-23(8-12-4-3-5-28-12)10-15(21(25)27-2)19(14)13-6-17-18(7-16(13)22)30-11-29-17/h6-7,9-10,12,19H,3-5,8,11H2,1-2H3. The molecular weight excluding hydrogens is 414 g/mol. The number of methoxy groups -OCH3 is 2. The van der Waals surface area contributed by atoms with Crippen molar-refractivity contribution in [2.75, 3.05) is 34.2 Å². The molecule has 0 aromatic heterocycles. The molecule has 3 aliphatic rings.